The molecule has 1 heterocycles. The van der Waals surface area contributed by atoms with E-state index in [-0.39, 0.29) is 5.91 Å². The Morgan fingerprint density at radius 1 is 1.29 bits per heavy atom. The number of carbonyl (C=O) groups is 1. The summed E-state index contributed by atoms with van der Waals surface area (Å²) < 4.78 is 5.50. The molecule has 0 radical (unpaired) electrons. The fourth-order valence-corrected chi connectivity index (χ4v) is 1.60. The van der Waals surface area contributed by atoms with E-state index < -0.39 is 0 Å². The van der Waals surface area contributed by atoms with Crippen LogP contribution in [0.5, 0.6) is 5.75 Å². The van der Waals surface area contributed by atoms with Crippen LogP contribution in [0.1, 0.15) is 15.9 Å². The molecule has 1 N–H and O–H groups in total. The molecule has 0 fully saturated rings. The van der Waals surface area contributed by atoms with Crippen molar-refractivity contribution in [2.45, 2.75) is 0 Å². The summed E-state index contributed by atoms with van der Waals surface area (Å²) in [4.78, 5) is 15.6. The van der Waals surface area contributed by atoms with Crippen LogP contribution in [0.25, 0.3) is 0 Å². The van der Waals surface area contributed by atoms with E-state index in [1.54, 1.807) is 30.6 Å². The largest absolute Gasteiger partial charge is 0.489 e. The Bertz CT molecular complexity index is 639. The zero-order valence-corrected chi connectivity index (χ0v) is 11.4. The molecule has 106 valence electrons. The normalized spacial score (nSPS) is 10.3. The Labute approximate surface area is 123 Å². The number of nitrogens with zero attached hydrogens (tertiary/aromatic N) is 2. The van der Waals surface area contributed by atoms with Crippen LogP contribution >= 0.6 is 0 Å². The van der Waals surface area contributed by atoms with Crippen molar-refractivity contribution in [3.8, 4) is 5.75 Å². The predicted octanol–water partition coefficient (Wildman–Crippen LogP) is 2.41. The van der Waals surface area contributed by atoms with Gasteiger partial charge in [0.15, 0.2) is 0 Å². The minimum atomic E-state index is -0.293. The summed E-state index contributed by atoms with van der Waals surface area (Å²) in [6.07, 6.45) is 6.31. The van der Waals surface area contributed by atoms with Gasteiger partial charge in [-0.25, -0.2) is 5.43 Å². The average Bonchev–Trinajstić information content (AvgIpc) is 2.54. The molecule has 1 aromatic carbocycles. The molecule has 0 spiro atoms. The topological polar surface area (TPSA) is 63.6 Å². The van der Waals surface area contributed by atoms with Crippen molar-refractivity contribution in [3.05, 3.63) is 72.6 Å². The van der Waals surface area contributed by atoms with Crippen LogP contribution in [0.15, 0.2) is 66.5 Å². The van der Waals surface area contributed by atoms with Crippen molar-refractivity contribution < 1.29 is 9.53 Å². The second-order valence-electron chi connectivity index (χ2n) is 4.07. The summed E-state index contributed by atoms with van der Waals surface area (Å²) >= 11 is 0. The maximum atomic E-state index is 11.8. The second kappa shape index (κ2) is 7.59. The third-order valence-electron chi connectivity index (χ3n) is 2.59. The van der Waals surface area contributed by atoms with Crippen LogP contribution in [0, 0.1) is 0 Å². The minimum Gasteiger partial charge on any atom is -0.489 e. The van der Waals surface area contributed by atoms with E-state index in [0.717, 1.165) is 5.56 Å². The first-order valence-electron chi connectivity index (χ1n) is 6.37. The molecule has 0 bridgehead atoms. The zero-order chi connectivity index (χ0) is 14.9. The molecule has 0 aliphatic rings. The van der Waals surface area contributed by atoms with Crippen molar-refractivity contribution in [3.63, 3.8) is 0 Å². The lowest BCUT2D eigenvalue weighted by molar-refractivity contribution is 0.0955. The van der Waals surface area contributed by atoms with Crippen molar-refractivity contribution in [2.24, 2.45) is 5.10 Å². The van der Waals surface area contributed by atoms with Crippen LogP contribution in [0.3, 0.4) is 0 Å². The van der Waals surface area contributed by atoms with Crippen LogP contribution in [-0.2, 0) is 0 Å². The monoisotopic (exact) mass is 281 g/mol. The van der Waals surface area contributed by atoms with Gasteiger partial charge in [0, 0.05) is 23.5 Å². The van der Waals surface area contributed by atoms with E-state index in [4.69, 9.17) is 4.74 Å². The number of carbonyl (C=O) groups excluding carboxylic acids is 1. The lowest BCUT2D eigenvalue weighted by Gasteiger charge is -2.06. The Kier molecular flexibility index (Phi) is 5.23. The van der Waals surface area contributed by atoms with Gasteiger partial charge in [-0.05, 0) is 24.3 Å². The molecule has 21 heavy (non-hydrogen) atoms. The highest BCUT2D eigenvalue weighted by Gasteiger charge is 2.03. The first kappa shape index (κ1) is 14.5. The molecule has 2 aromatic rings. The summed E-state index contributed by atoms with van der Waals surface area (Å²) in [7, 11) is 0. The number of hydrazone groups is 1. The number of aromatic nitrogens is 1. The number of rotatable bonds is 6. The molecule has 2 rings (SSSR count). The summed E-state index contributed by atoms with van der Waals surface area (Å²) in [5, 5.41) is 3.94. The molecule has 5 heteroatoms. The third kappa shape index (κ3) is 4.28. The van der Waals surface area contributed by atoms with Crippen LogP contribution < -0.4 is 10.2 Å². The maximum absolute atomic E-state index is 11.8. The Morgan fingerprint density at radius 2 is 2.05 bits per heavy atom. The van der Waals surface area contributed by atoms with Gasteiger partial charge in [0.1, 0.15) is 12.4 Å². The van der Waals surface area contributed by atoms with Gasteiger partial charge in [0.05, 0.1) is 6.21 Å². The van der Waals surface area contributed by atoms with Gasteiger partial charge in [-0.1, -0.05) is 24.8 Å². The van der Waals surface area contributed by atoms with E-state index in [9.17, 15) is 4.79 Å². The highest BCUT2D eigenvalue weighted by atomic mass is 16.5. The molecule has 1 amide bonds. The van der Waals surface area contributed by atoms with Crippen molar-refractivity contribution in [1.82, 2.24) is 10.4 Å². The molecule has 5 nitrogen and oxygen atoms in total. The molecule has 0 aliphatic carbocycles. The smallest absolute Gasteiger partial charge is 0.271 e. The molecule has 0 aliphatic heterocycles. The number of amides is 1. The number of hydrogen-bond donors (Lipinski definition) is 1. The predicted molar refractivity (Wildman–Crippen MR) is 81.4 cm³/mol. The molecule has 0 unspecified atom stereocenters. The van der Waals surface area contributed by atoms with Crippen LogP contribution in [0.4, 0.5) is 0 Å². The molecule has 0 saturated carbocycles. The van der Waals surface area contributed by atoms with Gasteiger partial charge in [-0.15, -0.1) is 0 Å². The first-order valence-corrected chi connectivity index (χ1v) is 6.37. The number of pyridine rings is 1. The van der Waals surface area contributed by atoms with Gasteiger partial charge in [0.2, 0.25) is 0 Å². The maximum Gasteiger partial charge on any atom is 0.271 e. The summed E-state index contributed by atoms with van der Waals surface area (Å²) in [5.41, 5.74) is 3.73. The number of nitrogens with one attached hydrogen (secondary N) is 1. The van der Waals surface area contributed by atoms with E-state index in [0.29, 0.717) is 17.9 Å². The highest BCUT2D eigenvalue weighted by Crippen LogP contribution is 2.15. The second-order valence-corrected chi connectivity index (χ2v) is 4.07. The third-order valence-corrected chi connectivity index (χ3v) is 2.59. The number of para-hydroxylation sites is 1. The van der Waals surface area contributed by atoms with Crippen molar-refractivity contribution >= 4 is 12.1 Å². The highest BCUT2D eigenvalue weighted by molar-refractivity contribution is 5.94. The first-order chi connectivity index (χ1) is 10.3. The van der Waals surface area contributed by atoms with Crippen LogP contribution in [0.2, 0.25) is 0 Å². The van der Waals surface area contributed by atoms with Crippen molar-refractivity contribution in [1.29, 1.82) is 0 Å². The summed E-state index contributed by atoms with van der Waals surface area (Å²) in [6.45, 7) is 4.01. The van der Waals surface area contributed by atoms with Gasteiger partial charge < -0.3 is 4.74 Å². The quantitative estimate of drug-likeness (QED) is 0.502. The standard InChI is InChI=1S/C16H15N3O2/c1-2-11-21-15-6-4-3-5-14(15)12-18-19-16(20)13-7-9-17-10-8-13/h2-10,12H,1,11H2,(H,19,20)/b18-12-. The van der Waals surface area contributed by atoms with Gasteiger partial charge >= 0.3 is 0 Å². The van der Waals surface area contributed by atoms with E-state index in [2.05, 4.69) is 22.1 Å². The van der Waals surface area contributed by atoms with Gasteiger partial charge in [-0.2, -0.15) is 5.10 Å². The fourth-order valence-electron chi connectivity index (χ4n) is 1.60. The van der Waals surface area contributed by atoms with Gasteiger partial charge in [-0.3, -0.25) is 9.78 Å². The van der Waals surface area contributed by atoms with E-state index in [1.807, 2.05) is 24.3 Å². The lowest BCUT2D eigenvalue weighted by Crippen LogP contribution is -2.17. The Morgan fingerprint density at radius 3 is 2.81 bits per heavy atom. The summed E-state index contributed by atoms with van der Waals surface area (Å²) in [5.74, 6) is 0.387. The van der Waals surface area contributed by atoms with Crippen molar-refractivity contribution in [2.75, 3.05) is 6.61 Å². The average molecular weight is 281 g/mol. The van der Waals surface area contributed by atoms with E-state index in [1.165, 1.54) is 6.21 Å². The Balaban J connectivity index is 2.01. The minimum absolute atomic E-state index is 0.293. The fraction of sp³-hybridized carbons (Fsp3) is 0.0625. The van der Waals surface area contributed by atoms with E-state index >= 15 is 0 Å². The number of hydrogen-bond acceptors (Lipinski definition) is 4. The SMILES string of the molecule is C=CCOc1ccccc1/C=N\NC(=O)c1ccncc1. The Hall–Kier alpha value is -2.95. The molecule has 0 saturated heterocycles. The zero-order valence-electron chi connectivity index (χ0n) is 11.4. The molecule has 1 aromatic heterocycles. The summed E-state index contributed by atoms with van der Waals surface area (Å²) in [6, 6.07) is 10.6. The van der Waals surface area contributed by atoms with Gasteiger partial charge in [0.25, 0.3) is 5.91 Å². The number of ether oxygens (including phenoxy) is 1. The molecular formula is C16H15N3O2. The lowest BCUT2D eigenvalue weighted by atomic mass is 10.2. The number of benzene rings is 1. The molecular weight excluding hydrogens is 266 g/mol. The van der Waals surface area contributed by atoms with Crippen LogP contribution in [-0.4, -0.2) is 23.7 Å². The molecule has 0 atom stereocenters.